The van der Waals surface area contributed by atoms with E-state index >= 15 is 0 Å². The van der Waals surface area contributed by atoms with Gasteiger partial charge in [0.25, 0.3) is 17.7 Å². The Balaban J connectivity index is 1.69. The van der Waals surface area contributed by atoms with Gasteiger partial charge in [0.05, 0.1) is 17.6 Å². The van der Waals surface area contributed by atoms with E-state index in [4.69, 9.17) is 15.9 Å². The molecular weight excluding hydrogens is 478 g/mol. The molecule has 1 aliphatic rings. The first-order valence-corrected chi connectivity index (χ1v) is 12.4. The summed E-state index contributed by atoms with van der Waals surface area (Å²) in [6.07, 6.45) is 5.29. The number of nitrogen functional groups attached to an aromatic ring is 1. The van der Waals surface area contributed by atoms with Gasteiger partial charge in [-0.25, -0.2) is 0 Å². The van der Waals surface area contributed by atoms with Crippen molar-refractivity contribution in [2.75, 3.05) is 10.6 Å². The predicted molar refractivity (Wildman–Crippen MR) is 138 cm³/mol. The maximum Gasteiger partial charge on any atom is 0.273 e. The van der Waals surface area contributed by atoms with E-state index in [1.807, 2.05) is 36.4 Å². The van der Waals surface area contributed by atoms with Crippen molar-refractivity contribution in [3.05, 3.63) is 77.2 Å². The van der Waals surface area contributed by atoms with Gasteiger partial charge in [-0.3, -0.25) is 19.3 Å². The van der Waals surface area contributed by atoms with E-state index in [1.165, 1.54) is 11.2 Å². The van der Waals surface area contributed by atoms with Gasteiger partial charge in [0.2, 0.25) is 0 Å². The van der Waals surface area contributed by atoms with Crippen LogP contribution in [0.5, 0.6) is 0 Å². The third-order valence-corrected chi connectivity index (χ3v) is 7.27. The monoisotopic (exact) mass is 503 g/mol. The molecule has 1 unspecified atom stereocenters. The van der Waals surface area contributed by atoms with Crippen LogP contribution in [-0.2, 0) is 4.79 Å². The highest BCUT2D eigenvalue weighted by Gasteiger charge is 2.39. The average Bonchev–Trinajstić information content (AvgIpc) is 3.64. The molecule has 0 radical (unpaired) electrons. The topological polar surface area (TPSA) is 145 Å². The van der Waals surface area contributed by atoms with Gasteiger partial charge in [-0.15, -0.1) is 0 Å². The third-order valence-electron chi connectivity index (χ3n) is 6.42. The average molecular weight is 504 g/mol. The molecule has 5 N–H and O–H groups in total. The number of fused-ring (bicyclic) bond motifs is 1. The second kappa shape index (κ2) is 9.82. The molecule has 3 amide bonds. The summed E-state index contributed by atoms with van der Waals surface area (Å²) < 4.78 is 9.68. The van der Waals surface area contributed by atoms with Crippen molar-refractivity contribution in [3.8, 4) is 0 Å². The smallest absolute Gasteiger partial charge is 0.273 e. The van der Waals surface area contributed by atoms with E-state index in [-0.39, 0.29) is 28.2 Å². The zero-order chi connectivity index (χ0) is 25.2. The summed E-state index contributed by atoms with van der Waals surface area (Å²) in [5.41, 5.74) is 11.7. The highest BCUT2D eigenvalue weighted by Crippen LogP contribution is 2.37. The van der Waals surface area contributed by atoms with Crippen molar-refractivity contribution in [2.45, 2.75) is 37.8 Å². The first-order chi connectivity index (χ1) is 17.5. The van der Waals surface area contributed by atoms with Crippen LogP contribution in [0.4, 0.5) is 11.4 Å². The first-order valence-electron chi connectivity index (χ1n) is 11.7. The predicted octanol–water partition coefficient (Wildman–Crippen LogP) is 4.02. The number of amides is 3. The molecule has 2 heterocycles. The second-order valence-corrected chi connectivity index (χ2v) is 9.49. The van der Waals surface area contributed by atoms with Crippen LogP contribution < -0.4 is 21.7 Å². The lowest BCUT2D eigenvalue weighted by molar-refractivity contribution is -0.123. The Hall–Kier alpha value is -4.18. The van der Waals surface area contributed by atoms with E-state index in [9.17, 15) is 14.4 Å². The summed E-state index contributed by atoms with van der Waals surface area (Å²) in [5, 5.41) is 4.75. The van der Waals surface area contributed by atoms with Crippen molar-refractivity contribution in [2.24, 2.45) is 5.73 Å². The Bertz CT molecular complexity index is 1420. The molecule has 36 heavy (non-hydrogen) atoms. The molecule has 0 bridgehead atoms. The zero-order valence-electron chi connectivity index (χ0n) is 19.3. The van der Waals surface area contributed by atoms with E-state index in [2.05, 4.69) is 9.69 Å². The lowest BCUT2D eigenvalue weighted by Gasteiger charge is -2.31. The molecule has 9 nitrogen and oxygen atoms in total. The number of benzene rings is 2. The lowest BCUT2D eigenvalue weighted by Crippen LogP contribution is -2.46. The van der Waals surface area contributed by atoms with Gasteiger partial charge in [0, 0.05) is 11.4 Å². The Kier molecular flexibility index (Phi) is 6.43. The number of rotatable bonds is 7. The fourth-order valence-corrected chi connectivity index (χ4v) is 5.44. The van der Waals surface area contributed by atoms with Crippen molar-refractivity contribution in [1.29, 1.82) is 0 Å². The Labute approximate surface area is 211 Å². The number of hydrogen-bond donors (Lipinski definition) is 3. The van der Waals surface area contributed by atoms with Gasteiger partial charge < -0.3 is 21.2 Å². The highest BCUT2D eigenvalue weighted by molar-refractivity contribution is 7.09. The van der Waals surface area contributed by atoms with Crippen LogP contribution in [0.3, 0.4) is 0 Å². The van der Waals surface area contributed by atoms with Crippen LogP contribution in [0.25, 0.3) is 10.8 Å². The normalized spacial score (nSPS) is 14.6. The molecule has 5 rings (SSSR count). The van der Waals surface area contributed by atoms with E-state index in [0.717, 1.165) is 48.0 Å². The number of primary amides is 1. The number of aromatic nitrogens is 1. The van der Waals surface area contributed by atoms with Gasteiger partial charge in [0.1, 0.15) is 10.6 Å². The fraction of sp³-hybridized carbons (Fsp3) is 0.231. The van der Waals surface area contributed by atoms with Crippen molar-refractivity contribution >= 4 is 51.4 Å². The summed E-state index contributed by atoms with van der Waals surface area (Å²) in [5.74, 6) is -1.49. The molecule has 0 saturated heterocycles. The van der Waals surface area contributed by atoms with Crippen LogP contribution in [0, 0.1) is 0 Å². The van der Waals surface area contributed by atoms with Crippen LogP contribution in [-0.4, -0.2) is 28.1 Å². The minimum Gasteiger partial charge on any atom is -0.467 e. The standard InChI is InChI=1S/C26H25N5O4S/c27-20-21(24(28)32)30-36-23(20)26(34)31(18-12-5-8-15-7-1-4-11-17(15)18)22(19-13-6-14-35-19)25(33)29-16-9-2-3-10-16/h1,4-8,11-14,16,22H,2-3,9-10,27H2,(H2,28,32)(H,29,33). The number of nitrogens with two attached hydrogens (primary N) is 2. The molecule has 0 aliphatic heterocycles. The van der Waals surface area contributed by atoms with Crippen molar-refractivity contribution in [3.63, 3.8) is 0 Å². The van der Waals surface area contributed by atoms with E-state index in [0.29, 0.717) is 11.4 Å². The minimum atomic E-state index is -1.13. The Morgan fingerprint density at radius 3 is 2.50 bits per heavy atom. The number of nitrogens with one attached hydrogen (secondary N) is 1. The molecule has 1 fully saturated rings. The molecule has 1 aliphatic carbocycles. The zero-order valence-corrected chi connectivity index (χ0v) is 20.2. The van der Waals surface area contributed by atoms with Crippen LogP contribution in [0.2, 0.25) is 0 Å². The maximum atomic E-state index is 14.2. The van der Waals surface area contributed by atoms with Crippen molar-refractivity contribution in [1.82, 2.24) is 9.69 Å². The molecule has 184 valence electrons. The summed E-state index contributed by atoms with van der Waals surface area (Å²) >= 11 is 0.771. The summed E-state index contributed by atoms with van der Waals surface area (Å²) in [7, 11) is 0. The summed E-state index contributed by atoms with van der Waals surface area (Å²) in [4.78, 5) is 41.1. The number of furan rings is 1. The Morgan fingerprint density at radius 1 is 1.06 bits per heavy atom. The number of carbonyl (C=O) groups excluding carboxylic acids is 3. The lowest BCUT2D eigenvalue weighted by atomic mass is 10.0. The van der Waals surface area contributed by atoms with Gasteiger partial charge in [-0.1, -0.05) is 49.2 Å². The molecule has 4 aromatic rings. The highest BCUT2D eigenvalue weighted by atomic mass is 32.1. The summed E-state index contributed by atoms with van der Waals surface area (Å²) in [6, 6.07) is 15.3. The fourth-order valence-electron chi connectivity index (χ4n) is 4.69. The quantitative estimate of drug-likeness (QED) is 0.347. The van der Waals surface area contributed by atoms with Gasteiger partial charge in [0.15, 0.2) is 11.7 Å². The van der Waals surface area contributed by atoms with Gasteiger partial charge in [-0.2, -0.15) is 4.37 Å². The van der Waals surface area contributed by atoms with Crippen LogP contribution in [0.15, 0.2) is 65.3 Å². The number of nitrogens with zero attached hydrogens (tertiary/aromatic N) is 2. The molecule has 0 spiro atoms. The molecule has 10 heteroatoms. The number of hydrogen-bond acceptors (Lipinski definition) is 7. The first kappa shape index (κ1) is 23.6. The summed E-state index contributed by atoms with van der Waals surface area (Å²) in [6.45, 7) is 0. The molecule has 1 atom stereocenters. The molecule has 1 saturated carbocycles. The maximum absolute atomic E-state index is 14.2. The number of anilines is 2. The molecule has 2 aromatic carbocycles. The van der Waals surface area contributed by atoms with Gasteiger partial charge >= 0.3 is 0 Å². The second-order valence-electron chi connectivity index (χ2n) is 8.72. The Morgan fingerprint density at radius 2 is 1.81 bits per heavy atom. The molecule has 2 aromatic heterocycles. The molecular formula is C26H25N5O4S. The van der Waals surface area contributed by atoms with Crippen LogP contribution in [0.1, 0.15) is 57.6 Å². The van der Waals surface area contributed by atoms with E-state index in [1.54, 1.807) is 18.2 Å². The minimum absolute atomic E-state index is 0.0157. The number of carbonyl (C=O) groups is 3. The van der Waals surface area contributed by atoms with Crippen LogP contribution >= 0.6 is 11.5 Å². The van der Waals surface area contributed by atoms with E-state index < -0.39 is 17.9 Å². The SMILES string of the molecule is NC(=O)c1nsc(C(=O)N(c2cccc3ccccc23)C(C(=O)NC2CCCC2)c2ccco2)c1N. The van der Waals surface area contributed by atoms with Gasteiger partial charge in [-0.05, 0) is 48.0 Å². The van der Waals surface area contributed by atoms with Crippen molar-refractivity contribution < 1.29 is 18.8 Å². The largest absolute Gasteiger partial charge is 0.467 e. The third kappa shape index (κ3) is 4.31.